The van der Waals surface area contributed by atoms with Crippen molar-refractivity contribution in [3.8, 4) is 28.5 Å². The molecule has 4 rings (SSSR count). The highest BCUT2D eigenvalue weighted by atomic mass is 35.5. The highest BCUT2D eigenvalue weighted by Gasteiger charge is 2.14. The van der Waals surface area contributed by atoms with Crippen LogP contribution in [0.25, 0.3) is 28.5 Å². The molecule has 3 nitrogen and oxygen atoms in total. The second-order valence-corrected chi connectivity index (χ2v) is 6.39. The zero-order valence-corrected chi connectivity index (χ0v) is 14.6. The average Bonchev–Trinajstić information content (AvgIpc) is 3.09. The van der Waals surface area contributed by atoms with E-state index < -0.39 is 0 Å². The van der Waals surface area contributed by atoms with Gasteiger partial charge < -0.3 is 0 Å². The van der Waals surface area contributed by atoms with Crippen molar-refractivity contribution in [2.45, 2.75) is 0 Å². The number of rotatable bonds is 3. The van der Waals surface area contributed by atoms with Gasteiger partial charge in [0.2, 0.25) is 0 Å². The van der Waals surface area contributed by atoms with Crippen LogP contribution in [0.15, 0.2) is 78.9 Å². The molecule has 0 fully saturated rings. The lowest BCUT2D eigenvalue weighted by Crippen LogP contribution is -1.99. The summed E-state index contributed by atoms with van der Waals surface area (Å²) >= 11 is 12.0. The molecule has 0 aliphatic heterocycles. The molecular formula is C20H13Cl2N3. The first-order valence-electron chi connectivity index (χ1n) is 7.75. The van der Waals surface area contributed by atoms with Gasteiger partial charge in [-0.1, -0.05) is 41.4 Å². The molecule has 0 atom stereocenters. The highest BCUT2D eigenvalue weighted by molar-refractivity contribution is 6.30. The monoisotopic (exact) mass is 365 g/mol. The third-order valence-electron chi connectivity index (χ3n) is 3.81. The minimum absolute atomic E-state index is 0.644. The van der Waals surface area contributed by atoms with E-state index in [-0.39, 0.29) is 0 Å². The zero-order chi connectivity index (χ0) is 17.2. The lowest BCUT2D eigenvalue weighted by Gasteiger charge is -2.05. The predicted molar refractivity (Wildman–Crippen MR) is 102 cm³/mol. The first kappa shape index (κ1) is 15.9. The average molecular weight is 366 g/mol. The Hall–Kier alpha value is -2.62. The first-order valence-corrected chi connectivity index (χ1v) is 8.51. The Morgan fingerprint density at radius 2 is 1.20 bits per heavy atom. The van der Waals surface area contributed by atoms with Gasteiger partial charge >= 0.3 is 0 Å². The Morgan fingerprint density at radius 1 is 0.640 bits per heavy atom. The van der Waals surface area contributed by atoms with E-state index in [2.05, 4.69) is 0 Å². The smallest absolute Gasteiger partial charge is 0.182 e. The van der Waals surface area contributed by atoms with E-state index in [1.54, 1.807) is 0 Å². The minimum atomic E-state index is 0.644. The van der Waals surface area contributed by atoms with Crippen LogP contribution in [0.1, 0.15) is 0 Å². The summed E-state index contributed by atoms with van der Waals surface area (Å²) in [6.07, 6.45) is 0. The van der Waals surface area contributed by atoms with E-state index in [9.17, 15) is 0 Å². The molecule has 0 radical (unpaired) electrons. The summed E-state index contributed by atoms with van der Waals surface area (Å²) < 4.78 is 1.84. The van der Waals surface area contributed by atoms with E-state index in [0.29, 0.717) is 15.9 Å². The largest absolute Gasteiger partial charge is 0.213 e. The second kappa shape index (κ2) is 6.71. The fourth-order valence-electron chi connectivity index (χ4n) is 2.57. The maximum atomic E-state index is 6.02. The molecule has 0 bridgehead atoms. The van der Waals surface area contributed by atoms with Crippen molar-refractivity contribution in [2.24, 2.45) is 0 Å². The fraction of sp³-hybridized carbons (Fsp3) is 0. The Balaban J connectivity index is 1.89. The van der Waals surface area contributed by atoms with Crippen LogP contribution in [-0.4, -0.2) is 14.8 Å². The summed E-state index contributed by atoms with van der Waals surface area (Å²) in [6, 6.07) is 25.0. The van der Waals surface area contributed by atoms with Crippen LogP contribution >= 0.6 is 23.2 Å². The minimum Gasteiger partial charge on any atom is -0.213 e. The Kier molecular flexibility index (Phi) is 4.26. The van der Waals surface area contributed by atoms with Crippen LogP contribution in [0.3, 0.4) is 0 Å². The van der Waals surface area contributed by atoms with E-state index >= 15 is 0 Å². The quantitative estimate of drug-likeness (QED) is 0.451. The number of para-hydroxylation sites is 1. The van der Waals surface area contributed by atoms with Gasteiger partial charge in [0.15, 0.2) is 11.6 Å². The van der Waals surface area contributed by atoms with Gasteiger partial charge in [-0.3, -0.25) is 0 Å². The number of benzene rings is 3. The fourth-order valence-corrected chi connectivity index (χ4v) is 2.82. The van der Waals surface area contributed by atoms with Gasteiger partial charge in [0.25, 0.3) is 0 Å². The van der Waals surface area contributed by atoms with Crippen molar-refractivity contribution in [1.29, 1.82) is 0 Å². The molecule has 5 heteroatoms. The Bertz CT molecular complexity index is 992. The van der Waals surface area contributed by atoms with Crippen molar-refractivity contribution in [1.82, 2.24) is 14.8 Å². The Morgan fingerprint density at radius 3 is 1.80 bits per heavy atom. The third kappa shape index (κ3) is 3.29. The van der Waals surface area contributed by atoms with Crippen LogP contribution in [0.4, 0.5) is 0 Å². The maximum absolute atomic E-state index is 6.02. The number of hydrogen-bond donors (Lipinski definition) is 0. The molecule has 25 heavy (non-hydrogen) atoms. The molecule has 0 amide bonds. The van der Waals surface area contributed by atoms with Gasteiger partial charge in [0.05, 0.1) is 5.69 Å². The van der Waals surface area contributed by atoms with E-state index in [1.165, 1.54) is 0 Å². The Labute approximate surface area is 155 Å². The van der Waals surface area contributed by atoms with Crippen LogP contribution < -0.4 is 0 Å². The van der Waals surface area contributed by atoms with Crippen LogP contribution in [0, 0.1) is 0 Å². The lowest BCUT2D eigenvalue weighted by molar-refractivity contribution is 0.890. The van der Waals surface area contributed by atoms with Gasteiger partial charge in [0, 0.05) is 21.2 Å². The van der Waals surface area contributed by atoms with Gasteiger partial charge in [-0.15, -0.1) is 5.10 Å². The van der Waals surface area contributed by atoms with Crippen molar-refractivity contribution in [2.75, 3.05) is 0 Å². The third-order valence-corrected chi connectivity index (χ3v) is 4.32. The summed E-state index contributed by atoms with van der Waals surface area (Å²) in [7, 11) is 0. The summed E-state index contributed by atoms with van der Waals surface area (Å²) in [6.45, 7) is 0. The molecule has 0 saturated heterocycles. The maximum Gasteiger partial charge on any atom is 0.182 e. The van der Waals surface area contributed by atoms with Gasteiger partial charge in [-0.25, -0.2) is 9.67 Å². The molecule has 0 saturated carbocycles. The van der Waals surface area contributed by atoms with Crippen LogP contribution in [0.5, 0.6) is 0 Å². The number of hydrogen-bond acceptors (Lipinski definition) is 2. The second-order valence-electron chi connectivity index (χ2n) is 5.52. The van der Waals surface area contributed by atoms with E-state index in [4.69, 9.17) is 33.3 Å². The summed E-state index contributed by atoms with van der Waals surface area (Å²) in [5.74, 6) is 1.40. The number of halogens is 2. The SMILES string of the molecule is Clc1ccc(-c2nc(-c3ccc(Cl)cc3)n(-c3ccccc3)n2)cc1. The van der Waals surface area contributed by atoms with Gasteiger partial charge in [-0.2, -0.15) is 0 Å². The summed E-state index contributed by atoms with van der Waals surface area (Å²) in [5.41, 5.74) is 2.80. The topological polar surface area (TPSA) is 30.7 Å². The zero-order valence-electron chi connectivity index (χ0n) is 13.1. The molecule has 4 aromatic rings. The van der Waals surface area contributed by atoms with E-state index in [0.717, 1.165) is 22.6 Å². The van der Waals surface area contributed by atoms with Crippen molar-refractivity contribution in [3.63, 3.8) is 0 Å². The highest BCUT2D eigenvalue weighted by Crippen LogP contribution is 2.27. The standard InChI is InChI=1S/C20H13Cl2N3/c21-16-10-6-14(7-11-16)19-23-20(15-8-12-17(22)13-9-15)25(24-19)18-4-2-1-3-5-18/h1-13H. The first-order chi connectivity index (χ1) is 12.2. The molecule has 0 unspecified atom stereocenters. The predicted octanol–water partition coefficient (Wildman–Crippen LogP) is 5.91. The lowest BCUT2D eigenvalue weighted by atomic mass is 10.2. The van der Waals surface area contributed by atoms with Gasteiger partial charge in [0.1, 0.15) is 0 Å². The summed E-state index contributed by atoms with van der Waals surface area (Å²) in [5, 5.41) is 6.08. The molecule has 3 aromatic carbocycles. The molecule has 1 aromatic heterocycles. The normalized spacial score (nSPS) is 10.8. The molecule has 0 aliphatic rings. The molecule has 1 heterocycles. The molecule has 122 valence electrons. The summed E-state index contributed by atoms with van der Waals surface area (Å²) in [4.78, 5) is 4.75. The number of nitrogens with zero attached hydrogens (tertiary/aromatic N) is 3. The van der Waals surface area contributed by atoms with Crippen molar-refractivity contribution < 1.29 is 0 Å². The molecule has 0 spiro atoms. The molecule has 0 aliphatic carbocycles. The van der Waals surface area contributed by atoms with Crippen LogP contribution in [0.2, 0.25) is 10.0 Å². The van der Waals surface area contributed by atoms with E-state index in [1.807, 2.05) is 83.5 Å². The van der Waals surface area contributed by atoms with Crippen molar-refractivity contribution >= 4 is 23.2 Å². The number of aromatic nitrogens is 3. The van der Waals surface area contributed by atoms with Gasteiger partial charge in [-0.05, 0) is 60.7 Å². The van der Waals surface area contributed by atoms with Crippen molar-refractivity contribution in [3.05, 3.63) is 88.9 Å². The molecular weight excluding hydrogens is 353 g/mol. The van der Waals surface area contributed by atoms with Crippen LogP contribution in [-0.2, 0) is 0 Å². The molecule has 0 N–H and O–H groups in total.